The van der Waals surface area contributed by atoms with Gasteiger partial charge in [0.15, 0.2) is 0 Å². The topological polar surface area (TPSA) is 90.5 Å². The van der Waals surface area contributed by atoms with Crippen LogP contribution in [0.25, 0.3) is 0 Å². The van der Waals surface area contributed by atoms with Gasteiger partial charge in [0.1, 0.15) is 0 Å². The Morgan fingerprint density at radius 3 is 2.27 bits per heavy atom. The zero-order valence-corrected chi connectivity index (χ0v) is 17.4. The van der Waals surface area contributed by atoms with Crippen molar-refractivity contribution >= 4 is 34.8 Å². The molecule has 1 heterocycles. The highest BCUT2D eigenvalue weighted by atomic mass is 16.2. The smallest absolute Gasteiger partial charge is 0.253 e. The molecule has 3 amide bonds. The van der Waals surface area contributed by atoms with Gasteiger partial charge in [-0.2, -0.15) is 0 Å². The van der Waals surface area contributed by atoms with E-state index in [1.54, 1.807) is 42.5 Å². The summed E-state index contributed by atoms with van der Waals surface area (Å²) >= 11 is 0. The maximum absolute atomic E-state index is 12.7. The first kappa shape index (κ1) is 21.4. The number of nitrogens with zero attached hydrogens (tertiary/aromatic N) is 1. The third kappa shape index (κ3) is 6.07. The van der Waals surface area contributed by atoms with Crippen LogP contribution in [0.5, 0.6) is 0 Å². The molecule has 1 aliphatic rings. The van der Waals surface area contributed by atoms with Crippen LogP contribution in [0.15, 0.2) is 48.5 Å². The van der Waals surface area contributed by atoms with Gasteiger partial charge in [-0.15, -0.1) is 0 Å². The molecule has 1 aliphatic heterocycles. The van der Waals surface area contributed by atoms with Crippen molar-refractivity contribution in [3.05, 3.63) is 54.1 Å². The first-order chi connectivity index (χ1) is 14.4. The van der Waals surface area contributed by atoms with Crippen LogP contribution in [0, 0.1) is 5.92 Å². The Kier molecular flexibility index (Phi) is 7.06. The molecule has 7 nitrogen and oxygen atoms in total. The predicted octanol–water partition coefficient (Wildman–Crippen LogP) is 3.57. The number of rotatable bonds is 6. The highest BCUT2D eigenvalue weighted by Gasteiger charge is 2.21. The van der Waals surface area contributed by atoms with Gasteiger partial charge in [0.25, 0.3) is 5.91 Å². The molecule has 1 saturated heterocycles. The highest BCUT2D eigenvalue weighted by Crippen LogP contribution is 2.20. The largest absolute Gasteiger partial charge is 0.376 e. The van der Waals surface area contributed by atoms with E-state index in [2.05, 4.69) is 22.9 Å². The van der Waals surface area contributed by atoms with E-state index in [1.165, 1.54) is 6.92 Å². The van der Waals surface area contributed by atoms with E-state index in [-0.39, 0.29) is 24.3 Å². The van der Waals surface area contributed by atoms with E-state index in [1.807, 2.05) is 11.0 Å². The van der Waals surface area contributed by atoms with E-state index in [4.69, 9.17) is 0 Å². The third-order valence-electron chi connectivity index (χ3n) is 5.10. The molecule has 0 atom stereocenters. The van der Waals surface area contributed by atoms with E-state index < -0.39 is 0 Å². The Bertz CT molecular complexity index is 920. The molecule has 0 bridgehead atoms. The van der Waals surface area contributed by atoms with Gasteiger partial charge in [0.2, 0.25) is 11.8 Å². The molecule has 0 saturated carbocycles. The van der Waals surface area contributed by atoms with E-state index in [0.717, 1.165) is 31.6 Å². The standard InChI is InChI=1S/C23H28N4O3/c1-16-9-11-27(12-10-16)23(30)18-5-3-7-20(13-18)26-22(29)15-24-19-6-4-8-21(14-19)25-17(2)28/h3-8,13-14,16,24H,9-12,15H2,1-2H3,(H,25,28)(H,26,29). The number of piperidine rings is 1. The zero-order chi connectivity index (χ0) is 21.5. The molecule has 0 unspecified atom stereocenters. The zero-order valence-electron chi connectivity index (χ0n) is 17.4. The molecular weight excluding hydrogens is 380 g/mol. The molecule has 2 aromatic rings. The Morgan fingerprint density at radius 2 is 1.57 bits per heavy atom. The average molecular weight is 409 g/mol. The van der Waals surface area contributed by atoms with Crippen LogP contribution in [0.3, 0.4) is 0 Å². The van der Waals surface area contributed by atoms with Crippen molar-refractivity contribution in [1.82, 2.24) is 4.90 Å². The predicted molar refractivity (Wildman–Crippen MR) is 119 cm³/mol. The van der Waals surface area contributed by atoms with E-state index >= 15 is 0 Å². The van der Waals surface area contributed by atoms with Gasteiger partial charge in [-0.3, -0.25) is 14.4 Å². The average Bonchev–Trinajstić information content (AvgIpc) is 2.72. The van der Waals surface area contributed by atoms with Gasteiger partial charge in [-0.25, -0.2) is 0 Å². The molecule has 158 valence electrons. The van der Waals surface area contributed by atoms with Crippen LogP contribution in [-0.2, 0) is 9.59 Å². The van der Waals surface area contributed by atoms with Crippen molar-refractivity contribution in [1.29, 1.82) is 0 Å². The monoisotopic (exact) mass is 408 g/mol. The van der Waals surface area contributed by atoms with Crippen molar-refractivity contribution < 1.29 is 14.4 Å². The van der Waals surface area contributed by atoms with Crippen LogP contribution in [0.4, 0.5) is 17.1 Å². The summed E-state index contributed by atoms with van der Waals surface area (Å²) in [6, 6.07) is 14.2. The van der Waals surface area contributed by atoms with Crippen LogP contribution in [-0.4, -0.2) is 42.3 Å². The van der Waals surface area contributed by atoms with Crippen molar-refractivity contribution in [3.8, 4) is 0 Å². The van der Waals surface area contributed by atoms with Crippen LogP contribution < -0.4 is 16.0 Å². The summed E-state index contributed by atoms with van der Waals surface area (Å²) in [5, 5.41) is 8.56. The summed E-state index contributed by atoms with van der Waals surface area (Å²) in [6.07, 6.45) is 2.05. The summed E-state index contributed by atoms with van der Waals surface area (Å²) < 4.78 is 0. The lowest BCUT2D eigenvalue weighted by molar-refractivity contribution is -0.115. The van der Waals surface area contributed by atoms with Gasteiger partial charge in [-0.05, 0) is 55.2 Å². The molecule has 0 aromatic heterocycles. The highest BCUT2D eigenvalue weighted by molar-refractivity contribution is 5.98. The van der Waals surface area contributed by atoms with Gasteiger partial charge >= 0.3 is 0 Å². The molecule has 0 aliphatic carbocycles. The van der Waals surface area contributed by atoms with E-state index in [9.17, 15) is 14.4 Å². The molecule has 7 heteroatoms. The van der Waals surface area contributed by atoms with Gasteiger partial charge in [0, 0.05) is 42.6 Å². The second-order valence-corrected chi connectivity index (χ2v) is 7.72. The van der Waals surface area contributed by atoms with Crippen molar-refractivity contribution in [2.45, 2.75) is 26.7 Å². The summed E-state index contributed by atoms with van der Waals surface area (Å²) in [5.41, 5.74) is 2.55. The molecule has 3 N–H and O–H groups in total. The lowest BCUT2D eigenvalue weighted by Gasteiger charge is -2.30. The first-order valence-corrected chi connectivity index (χ1v) is 10.2. The number of benzene rings is 2. The molecule has 3 rings (SSSR count). The molecular formula is C23H28N4O3. The first-order valence-electron chi connectivity index (χ1n) is 10.2. The lowest BCUT2D eigenvalue weighted by Crippen LogP contribution is -2.37. The van der Waals surface area contributed by atoms with Crippen LogP contribution in [0.2, 0.25) is 0 Å². The summed E-state index contributed by atoms with van der Waals surface area (Å²) in [7, 11) is 0. The minimum Gasteiger partial charge on any atom is -0.376 e. The van der Waals surface area contributed by atoms with Gasteiger partial charge in [0.05, 0.1) is 6.54 Å². The SMILES string of the molecule is CC(=O)Nc1cccc(NCC(=O)Nc2cccc(C(=O)N3CCC(C)CC3)c2)c1. The number of hydrogen-bond acceptors (Lipinski definition) is 4. The molecule has 30 heavy (non-hydrogen) atoms. The minimum atomic E-state index is -0.226. The molecule has 1 fully saturated rings. The Labute approximate surface area is 176 Å². The Balaban J connectivity index is 1.55. The lowest BCUT2D eigenvalue weighted by atomic mass is 9.98. The van der Waals surface area contributed by atoms with Gasteiger partial charge < -0.3 is 20.9 Å². The fourth-order valence-electron chi connectivity index (χ4n) is 3.42. The van der Waals surface area contributed by atoms with Crippen LogP contribution in [0.1, 0.15) is 37.0 Å². The number of likely N-dealkylation sites (tertiary alicyclic amines) is 1. The van der Waals surface area contributed by atoms with Crippen molar-refractivity contribution in [2.24, 2.45) is 5.92 Å². The summed E-state index contributed by atoms with van der Waals surface area (Å²) in [4.78, 5) is 38.1. The molecule has 0 spiro atoms. The van der Waals surface area contributed by atoms with Gasteiger partial charge in [-0.1, -0.05) is 19.1 Å². The number of carbonyl (C=O) groups is 3. The number of anilines is 3. The van der Waals surface area contributed by atoms with E-state index in [0.29, 0.717) is 22.9 Å². The fourth-order valence-corrected chi connectivity index (χ4v) is 3.42. The Morgan fingerprint density at radius 1 is 0.933 bits per heavy atom. The molecule has 0 radical (unpaired) electrons. The Hall–Kier alpha value is -3.35. The minimum absolute atomic E-state index is 0.00547. The number of nitrogens with one attached hydrogen (secondary N) is 3. The number of hydrogen-bond donors (Lipinski definition) is 3. The third-order valence-corrected chi connectivity index (χ3v) is 5.10. The second kappa shape index (κ2) is 9.91. The van der Waals surface area contributed by atoms with Crippen molar-refractivity contribution in [3.63, 3.8) is 0 Å². The normalized spacial score (nSPS) is 14.1. The van der Waals surface area contributed by atoms with Crippen LogP contribution >= 0.6 is 0 Å². The maximum atomic E-state index is 12.7. The quantitative estimate of drug-likeness (QED) is 0.682. The number of amides is 3. The number of carbonyl (C=O) groups excluding carboxylic acids is 3. The molecule has 2 aromatic carbocycles. The summed E-state index contributed by atoms with van der Waals surface area (Å²) in [6.45, 7) is 5.27. The fraction of sp³-hybridized carbons (Fsp3) is 0.348. The maximum Gasteiger partial charge on any atom is 0.253 e. The summed E-state index contributed by atoms with van der Waals surface area (Å²) in [5.74, 6) is 0.284. The van der Waals surface area contributed by atoms with Crippen molar-refractivity contribution in [2.75, 3.05) is 35.6 Å². The second-order valence-electron chi connectivity index (χ2n) is 7.72.